The zero-order chi connectivity index (χ0) is 14.6. The maximum absolute atomic E-state index is 11.8. The number of hydrogen-bond donors (Lipinski definition) is 1. The lowest BCUT2D eigenvalue weighted by Crippen LogP contribution is -2.05. The lowest BCUT2D eigenvalue weighted by molar-refractivity contribution is 0.0526. The largest absolute Gasteiger partial charge is 0.508 e. The molecule has 0 saturated carbocycles. The van der Waals surface area contributed by atoms with Crippen LogP contribution in [0.2, 0.25) is 0 Å². The first-order chi connectivity index (χ1) is 9.04. The van der Waals surface area contributed by atoms with Gasteiger partial charge >= 0.3 is 5.97 Å². The highest BCUT2D eigenvalue weighted by atomic mass is 16.5. The maximum atomic E-state index is 11.8. The Morgan fingerprint density at radius 3 is 2.53 bits per heavy atom. The number of rotatable bonds is 2. The summed E-state index contributed by atoms with van der Waals surface area (Å²) in [5, 5.41) is 10.3. The van der Waals surface area contributed by atoms with Crippen LogP contribution in [-0.4, -0.2) is 17.7 Å². The lowest BCUT2D eigenvalue weighted by atomic mass is 10.1. The van der Waals surface area contributed by atoms with Crippen LogP contribution in [-0.2, 0) is 4.74 Å². The van der Waals surface area contributed by atoms with Gasteiger partial charge in [-0.25, -0.2) is 4.79 Å². The summed E-state index contributed by atoms with van der Waals surface area (Å²) in [6, 6.07) is 3.24. The van der Waals surface area contributed by atoms with Crippen molar-refractivity contribution < 1.29 is 19.1 Å². The van der Waals surface area contributed by atoms with Gasteiger partial charge in [0, 0.05) is 5.39 Å². The SMILES string of the molecule is CC.CCOC(=O)c1c(C)oc2cc(C)c(O)cc12. The van der Waals surface area contributed by atoms with E-state index < -0.39 is 5.97 Å². The summed E-state index contributed by atoms with van der Waals surface area (Å²) < 4.78 is 10.5. The normalized spacial score (nSPS) is 9.95. The fourth-order valence-corrected chi connectivity index (χ4v) is 1.81. The molecule has 0 unspecified atom stereocenters. The highest BCUT2D eigenvalue weighted by Gasteiger charge is 2.20. The van der Waals surface area contributed by atoms with Crippen LogP contribution in [0.15, 0.2) is 16.5 Å². The first-order valence-electron chi connectivity index (χ1n) is 6.44. The molecule has 19 heavy (non-hydrogen) atoms. The molecular weight excluding hydrogens is 244 g/mol. The molecule has 0 aliphatic heterocycles. The predicted molar refractivity (Wildman–Crippen MR) is 74.7 cm³/mol. The van der Waals surface area contributed by atoms with Gasteiger partial charge in [0.15, 0.2) is 0 Å². The minimum Gasteiger partial charge on any atom is -0.508 e. The Morgan fingerprint density at radius 1 is 1.32 bits per heavy atom. The number of phenolic OH excluding ortho intramolecular Hbond substituents is 1. The van der Waals surface area contributed by atoms with Crippen LogP contribution in [0.5, 0.6) is 5.75 Å². The van der Waals surface area contributed by atoms with Crippen molar-refractivity contribution in [3.05, 3.63) is 29.0 Å². The Bertz CT molecular complexity index is 581. The summed E-state index contributed by atoms with van der Waals surface area (Å²) >= 11 is 0. The molecule has 1 N–H and O–H groups in total. The number of phenols is 1. The molecule has 4 heteroatoms. The van der Waals surface area contributed by atoms with Crippen molar-refractivity contribution in [2.45, 2.75) is 34.6 Å². The molecule has 0 atom stereocenters. The van der Waals surface area contributed by atoms with Crippen LogP contribution in [0.25, 0.3) is 11.0 Å². The van der Waals surface area contributed by atoms with Crippen molar-refractivity contribution in [1.29, 1.82) is 0 Å². The molecule has 0 aliphatic carbocycles. The van der Waals surface area contributed by atoms with E-state index in [4.69, 9.17) is 9.15 Å². The van der Waals surface area contributed by atoms with Crippen LogP contribution in [0.4, 0.5) is 0 Å². The van der Waals surface area contributed by atoms with Gasteiger partial charge in [-0.3, -0.25) is 0 Å². The summed E-state index contributed by atoms with van der Waals surface area (Å²) in [5.41, 5.74) is 1.68. The standard InChI is InChI=1S/C13H14O4.C2H6/c1-4-16-13(15)12-8(3)17-11-5-7(2)10(14)6-9(11)12;1-2/h5-6,14H,4H2,1-3H3;1-2H3. The molecular formula is C15H20O4. The third-order valence-corrected chi connectivity index (χ3v) is 2.66. The number of esters is 1. The summed E-state index contributed by atoms with van der Waals surface area (Å²) in [4.78, 5) is 11.8. The van der Waals surface area contributed by atoms with Gasteiger partial charge < -0.3 is 14.3 Å². The van der Waals surface area contributed by atoms with Crippen LogP contribution in [0.1, 0.15) is 42.5 Å². The fourth-order valence-electron chi connectivity index (χ4n) is 1.81. The molecule has 1 aromatic heterocycles. The van der Waals surface area contributed by atoms with Gasteiger partial charge in [0.2, 0.25) is 0 Å². The molecule has 2 rings (SSSR count). The molecule has 0 radical (unpaired) electrons. The van der Waals surface area contributed by atoms with E-state index in [1.165, 1.54) is 6.07 Å². The predicted octanol–water partition coefficient (Wildman–Crippen LogP) is 3.96. The van der Waals surface area contributed by atoms with E-state index in [1.807, 2.05) is 13.8 Å². The van der Waals surface area contributed by atoms with Crippen LogP contribution in [0.3, 0.4) is 0 Å². The Hall–Kier alpha value is -1.97. The summed E-state index contributed by atoms with van der Waals surface area (Å²) in [6.07, 6.45) is 0. The number of carbonyl (C=O) groups is 1. The monoisotopic (exact) mass is 264 g/mol. The first-order valence-corrected chi connectivity index (χ1v) is 6.44. The topological polar surface area (TPSA) is 59.7 Å². The summed E-state index contributed by atoms with van der Waals surface area (Å²) in [7, 11) is 0. The van der Waals surface area contributed by atoms with Crippen molar-refractivity contribution in [3.8, 4) is 5.75 Å². The molecule has 104 valence electrons. The highest BCUT2D eigenvalue weighted by molar-refractivity contribution is 6.05. The van der Waals surface area contributed by atoms with Gasteiger partial charge in [-0.15, -0.1) is 0 Å². The van der Waals surface area contributed by atoms with Gasteiger partial charge in [0.25, 0.3) is 0 Å². The molecule has 0 amide bonds. The van der Waals surface area contributed by atoms with Crippen LogP contribution < -0.4 is 0 Å². The number of hydrogen-bond acceptors (Lipinski definition) is 4. The van der Waals surface area contributed by atoms with Crippen molar-refractivity contribution >= 4 is 16.9 Å². The molecule has 0 fully saturated rings. The quantitative estimate of drug-likeness (QED) is 0.834. The molecule has 0 bridgehead atoms. The number of aryl methyl sites for hydroxylation is 2. The average molecular weight is 264 g/mol. The van der Waals surface area contributed by atoms with E-state index in [0.717, 1.165) is 0 Å². The Morgan fingerprint density at radius 2 is 1.95 bits per heavy atom. The summed E-state index contributed by atoms with van der Waals surface area (Å²) in [6.45, 7) is 9.54. The van der Waals surface area contributed by atoms with Crippen molar-refractivity contribution in [2.75, 3.05) is 6.61 Å². The van der Waals surface area contributed by atoms with E-state index in [1.54, 1.807) is 26.8 Å². The average Bonchev–Trinajstić information content (AvgIpc) is 2.68. The number of aromatic hydroxyl groups is 1. The maximum Gasteiger partial charge on any atom is 0.342 e. The number of ether oxygens (including phenoxy) is 1. The van der Waals surface area contributed by atoms with Crippen LogP contribution in [0, 0.1) is 13.8 Å². The van der Waals surface area contributed by atoms with Gasteiger partial charge in [-0.1, -0.05) is 13.8 Å². The third kappa shape index (κ3) is 2.89. The van der Waals surface area contributed by atoms with Crippen LogP contribution >= 0.6 is 0 Å². The second kappa shape index (κ2) is 6.27. The van der Waals surface area contributed by atoms with Crippen molar-refractivity contribution in [2.24, 2.45) is 0 Å². The summed E-state index contributed by atoms with van der Waals surface area (Å²) in [5.74, 6) is 0.222. The van der Waals surface area contributed by atoms with Crippen molar-refractivity contribution in [1.82, 2.24) is 0 Å². The molecule has 1 heterocycles. The van der Waals surface area contributed by atoms with E-state index in [9.17, 15) is 9.90 Å². The van der Waals surface area contributed by atoms with E-state index in [2.05, 4.69) is 0 Å². The minimum atomic E-state index is -0.424. The lowest BCUT2D eigenvalue weighted by Gasteiger charge is -2.01. The number of furan rings is 1. The zero-order valence-corrected chi connectivity index (χ0v) is 12.0. The second-order valence-corrected chi connectivity index (χ2v) is 3.89. The Balaban J connectivity index is 0.000000861. The number of carbonyl (C=O) groups excluding carboxylic acids is 1. The van der Waals surface area contributed by atoms with E-state index in [-0.39, 0.29) is 5.75 Å². The van der Waals surface area contributed by atoms with E-state index in [0.29, 0.717) is 34.5 Å². The number of benzene rings is 1. The van der Waals surface area contributed by atoms with E-state index >= 15 is 0 Å². The third-order valence-electron chi connectivity index (χ3n) is 2.66. The highest BCUT2D eigenvalue weighted by Crippen LogP contribution is 2.31. The second-order valence-electron chi connectivity index (χ2n) is 3.89. The first kappa shape index (κ1) is 15.1. The molecule has 0 aliphatic rings. The van der Waals surface area contributed by atoms with Gasteiger partial charge in [0.05, 0.1) is 6.61 Å². The van der Waals surface area contributed by atoms with Gasteiger partial charge in [0.1, 0.15) is 22.7 Å². The molecule has 0 spiro atoms. The zero-order valence-electron chi connectivity index (χ0n) is 12.0. The minimum absolute atomic E-state index is 0.142. The number of fused-ring (bicyclic) bond motifs is 1. The molecule has 4 nitrogen and oxygen atoms in total. The van der Waals surface area contributed by atoms with Crippen molar-refractivity contribution in [3.63, 3.8) is 0 Å². The Kier molecular flexibility index (Phi) is 4.98. The molecule has 1 aromatic carbocycles. The van der Waals surface area contributed by atoms with Gasteiger partial charge in [-0.05, 0) is 38.5 Å². The Labute approximate surface area is 113 Å². The van der Waals surface area contributed by atoms with Gasteiger partial charge in [-0.2, -0.15) is 0 Å². The fraction of sp³-hybridized carbons (Fsp3) is 0.400. The smallest absolute Gasteiger partial charge is 0.342 e. The molecule has 2 aromatic rings. The molecule has 0 saturated heterocycles.